The van der Waals surface area contributed by atoms with Gasteiger partial charge in [0.1, 0.15) is 5.60 Å². The van der Waals surface area contributed by atoms with Gasteiger partial charge in [0, 0.05) is 0 Å². The third kappa shape index (κ3) is 4.08. The molecule has 0 radical (unpaired) electrons. The Morgan fingerprint density at radius 1 is 1.21 bits per heavy atom. The van der Waals surface area contributed by atoms with E-state index in [0.717, 1.165) is 5.56 Å². The SMILES string of the molecule is CC(C)(C)OC(=O)Cc1ccccc1. The fourth-order valence-corrected chi connectivity index (χ4v) is 1.14. The van der Waals surface area contributed by atoms with Crippen molar-refractivity contribution in [3.63, 3.8) is 0 Å². The van der Waals surface area contributed by atoms with Crippen LogP contribution in [-0.2, 0) is 16.0 Å². The molecule has 0 N–H and O–H groups in total. The zero-order chi connectivity index (χ0) is 10.6. The zero-order valence-corrected chi connectivity index (χ0v) is 8.91. The van der Waals surface area contributed by atoms with Crippen molar-refractivity contribution in [2.45, 2.75) is 32.8 Å². The monoisotopic (exact) mass is 192 g/mol. The van der Waals surface area contributed by atoms with Crippen LogP contribution in [0.5, 0.6) is 0 Å². The topological polar surface area (TPSA) is 26.3 Å². The molecule has 0 heterocycles. The lowest BCUT2D eigenvalue weighted by Crippen LogP contribution is -2.24. The quantitative estimate of drug-likeness (QED) is 0.673. The zero-order valence-electron chi connectivity index (χ0n) is 8.91. The molecule has 0 aromatic heterocycles. The molecular weight excluding hydrogens is 176 g/mol. The first kappa shape index (κ1) is 10.8. The molecule has 0 atom stereocenters. The molecule has 0 saturated carbocycles. The van der Waals surface area contributed by atoms with Gasteiger partial charge in [0.2, 0.25) is 0 Å². The average molecular weight is 192 g/mol. The van der Waals surface area contributed by atoms with Gasteiger partial charge in [-0.2, -0.15) is 0 Å². The summed E-state index contributed by atoms with van der Waals surface area (Å²) in [5, 5.41) is 0. The van der Waals surface area contributed by atoms with E-state index >= 15 is 0 Å². The summed E-state index contributed by atoms with van der Waals surface area (Å²) in [6.45, 7) is 5.61. The van der Waals surface area contributed by atoms with Gasteiger partial charge in [-0.05, 0) is 26.3 Å². The van der Waals surface area contributed by atoms with E-state index in [9.17, 15) is 4.79 Å². The van der Waals surface area contributed by atoms with Gasteiger partial charge in [-0.25, -0.2) is 0 Å². The summed E-state index contributed by atoms with van der Waals surface area (Å²) in [5.74, 6) is -0.177. The molecule has 0 spiro atoms. The minimum atomic E-state index is -0.397. The van der Waals surface area contributed by atoms with Crippen molar-refractivity contribution >= 4 is 5.97 Å². The van der Waals surface area contributed by atoms with Gasteiger partial charge in [0.25, 0.3) is 0 Å². The highest BCUT2D eigenvalue weighted by Gasteiger charge is 2.15. The van der Waals surface area contributed by atoms with E-state index < -0.39 is 5.60 Å². The summed E-state index contributed by atoms with van der Waals surface area (Å²) in [6.07, 6.45) is 0.345. The lowest BCUT2D eigenvalue weighted by Gasteiger charge is -2.19. The first-order valence-electron chi connectivity index (χ1n) is 4.73. The van der Waals surface area contributed by atoms with Gasteiger partial charge < -0.3 is 4.74 Å². The Hall–Kier alpha value is -1.31. The van der Waals surface area contributed by atoms with E-state index in [0.29, 0.717) is 6.42 Å². The number of hydrogen-bond donors (Lipinski definition) is 0. The van der Waals surface area contributed by atoms with Crippen LogP contribution < -0.4 is 0 Å². The molecule has 0 unspecified atom stereocenters. The Balaban J connectivity index is 2.50. The predicted molar refractivity (Wildman–Crippen MR) is 56.0 cm³/mol. The summed E-state index contributed by atoms with van der Waals surface area (Å²) in [6, 6.07) is 9.60. The van der Waals surface area contributed by atoms with Crippen molar-refractivity contribution in [2.75, 3.05) is 0 Å². The molecule has 1 rings (SSSR count). The van der Waals surface area contributed by atoms with Crippen LogP contribution in [-0.4, -0.2) is 11.6 Å². The largest absolute Gasteiger partial charge is 0.460 e. The standard InChI is InChI=1S/C12H16O2/c1-12(2,3)14-11(13)9-10-7-5-4-6-8-10/h4-8H,9H2,1-3H3. The normalized spacial score (nSPS) is 11.1. The Bertz CT molecular complexity index is 296. The number of hydrogen-bond acceptors (Lipinski definition) is 2. The average Bonchev–Trinajstić information content (AvgIpc) is 2.02. The van der Waals surface area contributed by atoms with Crippen LogP contribution in [0.15, 0.2) is 30.3 Å². The minimum absolute atomic E-state index is 0.177. The highest BCUT2D eigenvalue weighted by atomic mass is 16.6. The molecule has 76 valence electrons. The van der Waals surface area contributed by atoms with Crippen molar-refractivity contribution in [1.29, 1.82) is 0 Å². The van der Waals surface area contributed by atoms with Gasteiger partial charge in [-0.15, -0.1) is 0 Å². The van der Waals surface area contributed by atoms with Crippen molar-refractivity contribution in [2.24, 2.45) is 0 Å². The van der Waals surface area contributed by atoms with Crippen LogP contribution in [0.4, 0.5) is 0 Å². The Kier molecular flexibility index (Phi) is 3.28. The molecule has 2 heteroatoms. The summed E-state index contributed by atoms with van der Waals surface area (Å²) < 4.78 is 5.20. The maximum Gasteiger partial charge on any atom is 0.310 e. The van der Waals surface area contributed by atoms with Gasteiger partial charge in [-0.3, -0.25) is 4.79 Å². The van der Waals surface area contributed by atoms with E-state index in [1.807, 2.05) is 51.1 Å². The minimum Gasteiger partial charge on any atom is -0.460 e. The molecule has 1 aromatic rings. The van der Waals surface area contributed by atoms with Crippen molar-refractivity contribution in [3.05, 3.63) is 35.9 Å². The number of ether oxygens (including phenoxy) is 1. The van der Waals surface area contributed by atoms with Gasteiger partial charge in [0.15, 0.2) is 0 Å². The third-order valence-corrected chi connectivity index (χ3v) is 1.61. The number of carbonyl (C=O) groups is 1. The van der Waals surface area contributed by atoms with Crippen LogP contribution >= 0.6 is 0 Å². The fourth-order valence-electron chi connectivity index (χ4n) is 1.14. The predicted octanol–water partition coefficient (Wildman–Crippen LogP) is 2.57. The molecule has 0 aliphatic rings. The Labute approximate surface area is 84.9 Å². The lowest BCUT2D eigenvalue weighted by molar-refractivity contribution is -0.153. The second-order valence-corrected chi connectivity index (χ2v) is 4.25. The first-order chi connectivity index (χ1) is 6.47. The first-order valence-corrected chi connectivity index (χ1v) is 4.73. The van der Waals surface area contributed by atoms with E-state index in [-0.39, 0.29) is 5.97 Å². The maximum atomic E-state index is 11.4. The Morgan fingerprint density at radius 3 is 2.29 bits per heavy atom. The van der Waals surface area contributed by atoms with Crippen LogP contribution in [0.3, 0.4) is 0 Å². The maximum absolute atomic E-state index is 11.4. The molecule has 0 amide bonds. The molecule has 14 heavy (non-hydrogen) atoms. The lowest BCUT2D eigenvalue weighted by atomic mass is 10.1. The number of carbonyl (C=O) groups excluding carboxylic acids is 1. The summed E-state index contributed by atoms with van der Waals surface area (Å²) in [4.78, 5) is 11.4. The second-order valence-electron chi connectivity index (χ2n) is 4.25. The second kappa shape index (κ2) is 4.27. The van der Waals surface area contributed by atoms with Gasteiger partial charge in [-0.1, -0.05) is 30.3 Å². The molecule has 0 fully saturated rings. The van der Waals surface area contributed by atoms with E-state index in [1.165, 1.54) is 0 Å². The molecule has 0 bridgehead atoms. The highest BCUT2D eigenvalue weighted by molar-refractivity contribution is 5.72. The molecule has 0 saturated heterocycles. The molecule has 0 aliphatic heterocycles. The van der Waals surface area contributed by atoms with Crippen molar-refractivity contribution in [3.8, 4) is 0 Å². The van der Waals surface area contributed by atoms with Crippen molar-refractivity contribution in [1.82, 2.24) is 0 Å². The van der Waals surface area contributed by atoms with Crippen LogP contribution in [0.2, 0.25) is 0 Å². The third-order valence-electron chi connectivity index (χ3n) is 1.61. The fraction of sp³-hybridized carbons (Fsp3) is 0.417. The van der Waals surface area contributed by atoms with Gasteiger partial charge in [0.05, 0.1) is 6.42 Å². The van der Waals surface area contributed by atoms with Crippen LogP contribution in [0, 0.1) is 0 Å². The van der Waals surface area contributed by atoms with E-state index in [1.54, 1.807) is 0 Å². The highest BCUT2D eigenvalue weighted by Crippen LogP contribution is 2.09. The van der Waals surface area contributed by atoms with Gasteiger partial charge >= 0.3 is 5.97 Å². The smallest absolute Gasteiger partial charge is 0.310 e. The number of benzene rings is 1. The molecule has 1 aromatic carbocycles. The number of rotatable bonds is 2. The van der Waals surface area contributed by atoms with Crippen LogP contribution in [0.1, 0.15) is 26.3 Å². The van der Waals surface area contributed by atoms with E-state index in [2.05, 4.69) is 0 Å². The molecule has 0 aliphatic carbocycles. The van der Waals surface area contributed by atoms with E-state index in [4.69, 9.17) is 4.74 Å². The summed E-state index contributed by atoms with van der Waals surface area (Å²) >= 11 is 0. The summed E-state index contributed by atoms with van der Waals surface area (Å²) in [5.41, 5.74) is 0.591. The van der Waals surface area contributed by atoms with Crippen LogP contribution in [0.25, 0.3) is 0 Å². The summed E-state index contributed by atoms with van der Waals surface area (Å²) in [7, 11) is 0. The molecular formula is C12H16O2. The van der Waals surface area contributed by atoms with Crippen molar-refractivity contribution < 1.29 is 9.53 Å². The molecule has 2 nitrogen and oxygen atoms in total. The number of esters is 1. The Morgan fingerprint density at radius 2 is 1.79 bits per heavy atom.